The van der Waals surface area contributed by atoms with Crippen molar-refractivity contribution < 1.29 is 13.9 Å². The molecule has 1 atom stereocenters. The molecule has 2 aromatic heterocycles. The van der Waals surface area contributed by atoms with Gasteiger partial charge in [0.05, 0.1) is 34.2 Å². The number of pyridine rings is 1. The maximum Gasteiger partial charge on any atom is 0.198 e. The molecule has 1 aliphatic heterocycles. The van der Waals surface area contributed by atoms with Crippen LogP contribution in [0.3, 0.4) is 0 Å². The number of carbonyl (C=O) groups excluding carboxylic acids is 1. The Balaban J connectivity index is 1.69. The van der Waals surface area contributed by atoms with E-state index in [0.717, 1.165) is 19.3 Å². The molecule has 0 amide bonds. The number of halogens is 2. The van der Waals surface area contributed by atoms with Gasteiger partial charge in [-0.2, -0.15) is 5.10 Å². The minimum Gasteiger partial charge on any atom is -0.369 e. The van der Waals surface area contributed by atoms with E-state index >= 15 is 4.39 Å². The van der Waals surface area contributed by atoms with Crippen LogP contribution in [0.5, 0.6) is 0 Å². The summed E-state index contributed by atoms with van der Waals surface area (Å²) in [7, 11) is 3.68. The first-order chi connectivity index (χ1) is 16.4. The van der Waals surface area contributed by atoms with Crippen LogP contribution in [-0.4, -0.2) is 52.5 Å². The summed E-state index contributed by atoms with van der Waals surface area (Å²) in [5.74, 6) is -1.07. The molecule has 1 unspecified atom stereocenters. The maximum absolute atomic E-state index is 15.2. The zero-order chi connectivity index (χ0) is 23.8. The zero-order valence-corrected chi connectivity index (χ0v) is 20.4. The van der Waals surface area contributed by atoms with Crippen LogP contribution in [-0.2, 0) is 4.74 Å². The van der Waals surface area contributed by atoms with Crippen LogP contribution in [0.1, 0.15) is 41.4 Å². The normalized spacial score (nSPS) is 16.5. The van der Waals surface area contributed by atoms with Crippen molar-refractivity contribution in [3.63, 3.8) is 0 Å². The lowest BCUT2D eigenvalue weighted by molar-refractivity contribution is -0.0390. The van der Waals surface area contributed by atoms with E-state index in [1.54, 1.807) is 46.5 Å². The highest BCUT2D eigenvalue weighted by molar-refractivity contribution is 9.10. The number of carbonyl (C=O) groups is 1. The third kappa shape index (κ3) is 4.10. The van der Waals surface area contributed by atoms with Gasteiger partial charge in [0.2, 0.25) is 0 Å². The Kier molecular flexibility index (Phi) is 6.14. The summed E-state index contributed by atoms with van der Waals surface area (Å²) in [6, 6.07) is 8.17. The van der Waals surface area contributed by atoms with E-state index in [1.807, 2.05) is 20.2 Å². The van der Waals surface area contributed by atoms with E-state index in [0.29, 0.717) is 38.6 Å². The molecule has 174 valence electrons. The van der Waals surface area contributed by atoms with E-state index in [9.17, 15) is 4.79 Å². The average Bonchev–Trinajstić information content (AvgIpc) is 3.28. The highest BCUT2D eigenvalue weighted by Crippen LogP contribution is 2.37. The minimum atomic E-state index is -0.605. The molecule has 0 radical (unpaired) electrons. The Morgan fingerprint density at radius 2 is 2.15 bits per heavy atom. The number of ether oxygens (including phenoxy) is 1. The summed E-state index contributed by atoms with van der Waals surface area (Å²) in [5, 5.41) is 5.72. The Hall–Kier alpha value is -3.17. The van der Waals surface area contributed by atoms with E-state index in [4.69, 9.17) is 4.74 Å². The quantitative estimate of drug-likeness (QED) is 0.192. The summed E-state index contributed by atoms with van der Waals surface area (Å²) in [6.07, 6.45) is 7.66. The molecule has 34 heavy (non-hydrogen) atoms. The summed E-state index contributed by atoms with van der Waals surface area (Å²) >= 11 is 3.52. The molecule has 9 heteroatoms. The molecule has 1 saturated heterocycles. The van der Waals surface area contributed by atoms with Crippen molar-refractivity contribution in [3.05, 3.63) is 64.1 Å². The van der Waals surface area contributed by atoms with Crippen molar-refractivity contribution in [2.24, 2.45) is 4.99 Å². The molecule has 1 fully saturated rings. The van der Waals surface area contributed by atoms with Gasteiger partial charge in [0.25, 0.3) is 0 Å². The van der Waals surface area contributed by atoms with Crippen LogP contribution in [0, 0.1) is 5.82 Å². The molecular weight excluding hydrogens is 501 g/mol. The molecule has 2 aromatic carbocycles. The Bertz CT molecular complexity index is 1430. The Morgan fingerprint density at radius 1 is 1.29 bits per heavy atom. The highest BCUT2D eigenvalue weighted by Gasteiger charge is 2.25. The van der Waals surface area contributed by atoms with E-state index in [2.05, 4.69) is 31.0 Å². The number of ketones is 1. The predicted octanol–water partition coefficient (Wildman–Crippen LogP) is 5.64. The SMILES string of the molecule is CN(C)/C=N/c1c(C(=O)c2c(F)ccc3nn(C4CCCCO4)cc23)cc(Br)c2ncccc12. The molecule has 0 bridgehead atoms. The maximum atomic E-state index is 15.2. The number of rotatable bonds is 5. The molecule has 0 spiro atoms. The van der Waals surface area contributed by atoms with Gasteiger partial charge in [-0.3, -0.25) is 9.78 Å². The molecule has 0 aliphatic carbocycles. The monoisotopic (exact) mass is 523 g/mol. The van der Waals surface area contributed by atoms with Crippen molar-refractivity contribution in [2.45, 2.75) is 25.5 Å². The number of nitrogens with zero attached hydrogens (tertiary/aromatic N) is 5. The summed E-state index contributed by atoms with van der Waals surface area (Å²) in [4.78, 5) is 24.6. The van der Waals surface area contributed by atoms with Crippen LogP contribution in [0.15, 0.2) is 52.2 Å². The number of hydrogen-bond acceptors (Lipinski definition) is 5. The van der Waals surface area contributed by atoms with Gasteiger partial charge in [-0.05, 0) is 65.5 Å². The van der Waals surface area contributed by atoms with Gasteiger partial charge in [0.15, 0.2) is 5.78 Å². The number of hydrogen-bond donors (Lipinski definition) is 0. The first kappa shape index (κ1) is 22.6. The van der Waals surface area contributed by atoms with Crippen LogP contribution < -0.4 is 0 Å². The topological polar surface area (TPSA) is 72.6 Å². The number of aliphatic imine (C=N–C) groups is 1. The van der Waals surface area contributed by atoms with Gasteiger partial charge in [-0.15, -0.1) is 0 Å². The van der Waals surface area contributed by atoms with Crippen molar-refractivity contribution in [1.82, 2.24) is 19.7 Å². The summed E-state index contributed by atoms with van der Waals surface area (Å²) in [5.41, 5.74) is 1.89. The van der Waals surface area contributed by atoms with Crippen molar-refractivity contribution in [1.29, 1.82) is 0 Å². The van der Waals surface area contributed by atoms with Crippen molar-refractivity contribution >= 4 is 55.5 Å². The van der Waals surface area contributed by atoms with Gasteiger partial charge in [0, 0.05) is 48.3 Å². The molecule has 7 nitrogen and oxygen atoms in total. The second-order valence-electron chi connectivity index (χ2n) is 8.48. The molecule has 0 saturated carbocycles. The van der Waals surface area contributed by atoms with Crippen LogP contribution in [0.2, 0.25) is 0 Å². The average molecular weight is 524 g/mol. The molecule has 1 aliphatic rings. The van der Waals surface area contributed by atoms with Gasteiger partial charge in [-0.25, -0.2) is 14.1 Å². The Labute approximate surface area is 204 Å². The van der Waals surface area contributed by atoms with Crippen molar-refractivity contribution in [3.8, 4) is 0 Å². The third-order valence-corrected chi connectivity index (χ3v) is 6.42. The number of benzene rings is 2. The van der Waals surface area contributed by atoms with E-state index in [1.165, 1.54) is 6.07 Å². The molecule has 3 heterocycles. The summed E-state index contributed by atoms with van der Waals surface area (Å²) in [6.45, 7) is 0.660. The van der Waals surface area contributed by atoms with Gasteiger partial charge in [-0.1, -0.05) is 0 Å². The molecule has 0 N–H and O–H groups in total. The number of fused-ring (bicyclic) bond motifs is 2. The fourth-order valence-corrected chi connectivity index (χ4v) is 4.76. The predicted molar refractivity (Wildman–Crippen MR) is 133 cm³/mol. The molecule has 5 rings (SSSR count). The van der Waals surface area contributed by atoms with E-state index in [-0.39, 0.29) is 17.4 Å². The molecule has 4 aromatic rings. The summed E-state index contributed by atoms with van der Waals surface area (Å²) < 4.78 is 23.4. The second kappa shape index (κ2) is 9.23. The fraction of sp³-hybridized carbons (Fsp3) is 0.280. The lowest BCUT2D eigenvalue weighted by Crippen LogP contribution is -2.18. The minimum absolute atomic E-state index is 0.0315. The lowest BCUT2D eigenvalue weighted by Gasteiger charge is -2.22. The van der Waals surface area contributed by atoms with Gasteiger partial charge >= 0.3 is 0 Å². The smallest absolute Gasteiger partial charge is 0.198 e. The van der Waals surface area contributed by atoms with Crippen molar-refractivity contribution in [2.75, 3.05) is 20.7 Å². The zero-order valence-electron chi connectivity index (χ0n) is 18.8. The van der Waals surface area contributed by atoms with Crippen LogP contribution in [0.4, 0.5) is 10.1 Å². The second-order valence-corrected chi connectivity index (χ2v) is 9.33. The van der Waals surface area contributed by atoms with Crippen LogP contribution in [0.25, 0.3) is 21.8 Å². The van der Waals surface area contributed by atoms with Gasteiger partial charge in [0.1, 0.15) is 12.0 Å². The standard InChI is InChI=1S/C25H23BrFN5O2/c1-31(2)14-29-23-15-6-5-10-28-24(15)18(26)12-16(23)25(33)22-17-13-32(21-7-3-4-11-34-21)30-20(17)9-8-19(22)27/h5-6,8-10,12-14,21H,3-4,7,11H2,1-2H3/b29-14+. The van der Waals surface area contributed by atoms with Gasteiger partial charge < -0.3 is 9.64 Å². The highest BCUT2D eigenvalue weighted by atomic mass is 79.9. The number of aromatic nitrogens is 3. The lowest BCUT2D eigenvalue weighted by atomic mass is 9.96. The third-order valence-electron chi connectivity index (χ3n) is 5.81. The van der Waals surface area contributed by atoms with E-state index < -0.39 is 11.6 Å². The van der Waals surface area contributed by atoms with Crippen LogP contribution >= 0.6 is 15.9 Å². The molecular formula is C25H23BrFN5O2. The fourth-order valence-electron chi connectivity index (χ4n) is 4.21. The first-order valence-electron chi connectivity index (χ1n) is 11.1. The Morgan fingerprint density at radius 3 is 2.91 bits per heavy atom. The largest absolute Gasteiger partial charge is 0.369 e. The first-order valence-corrected chi connectivity index (χ1v) is 11.8.